The predicted octanol–water partition coefficient (Wildman–Crippen LogP) is 1.98. The molecule has 1 saturated heterocycles. The Labute approximate surface area is 121 Å². The molecule has 2 rings (SSSR count). The summed E-state index contributed by atoms with van der Waals surface area (Å²) in [7, 11) is 0. The van der Waals surface area contributed by atoms with Gasteiger partial charge in [0.25, 0.3) is 0 Å². The Morgan fingerprint density at radius 2 is 2.20 bits per heavy atom. The average Bonchev–Trinajstić information content (AvgIpc) is 2.45. The first kappa shape index (κ1) is 15.2. The van der Waals surface area contributed by atoms with E-state index in [-0.39, 0.29) is 6.10 Å². The Morgan fingerprint density at radius 1 is 1.40 bits per heavy atom. The highest BCUT2D eigenvalue weighted by Crippen LogP contribution is 2.21. The topological polar surface area (TPSA) is 50.3 Å². The molecule has 0 amide bonds. The minimum absolute atomic E-state index is 0.252. The van der Waals surface area contributed by atoms with E-state index >= 15 is 0 Å². The molecule has 0 saturated carbocycles. The van der Waals surface area contributed by atoms with Gasteiger partial charge in [0.15, 0.2) is 5.82 Å². The number of nitrogens with zero attached hydrogens (tertiary/aromatic N) is 3. The van der Waals surface area contributed by atoms with Crippen LogP contribution in [0.15, 0.2) is 12.1 Å². The summed E-state index contributed by atoms with van der Waals surface area (Å²) in [4.78, 5) is 2.32. The van der Waals surface area contributed by atoms with Crippen LogP contribution in [-0.4, -0.2) is 41.5 Å². The molecule has 0 aliphatic carbocycles. The third kappa shape index (κ3) is 3.90. The lowest BCUT2D eigenvalue weighted by Crippen LogP contribution is -2.49. The van der Waals surface area contributed by atoms with Crippen molar-refractivity contribution in [2.75, 3.05) is 18.1 Å². The summed E-state index contributed by atoms with van der Waals surface area (Å²) in [5.74, 6) is 0.959. The first-order chi connectivity index (χ1) is 9.60. The van der Waals surface area contributed by atoms with E-state index in [1.54, 1.807) is 0 Å². The minimum Gasteiger partial charge on any atom is -0.375 e. The highest BCUT2D eigenvalue weighted by atomic mass is 16.5. The molecular formula is C15H26N4O. The Morgan fingerprint density at radius 3 is 2.80 bits per heavy atom. The Bertz CT molecular complexity index is 407. The maximum atomic E-state index is 5.72. The number of ether oxygens (including phenoxy) is 1. The lowest BCUT2D eigenvalue weighted by Gasteiger charge is -2.38. The van der Waals surface area contributed by atoms with Crippen LogP contribution in [0, 0.1) is 0 Å². The van der Waals surface area contributed by atoms with Gasteiger partial charge in [-0.2, -0.15) is 5.10 Å². The molecule has 1 aliphatic rings. The lowest BCUT2D eigenvalue weighted by molar-refractivity contribution is 0.0295. The highest BCUT2D eigenvalue weighted by molar-refractivity contribution is 5.39. The molecule has 5 heteroatoms. The molecule has 1 aromatic heterocycles. The summed E-state index contributed by atoms with van der Waals surface area (Å²) in [6, 6.07) is 5.00. The van der Waals surface area contributed by atoms with Crippen molar-refractivity contribution >= 4 is 5.82 Å². The van der Waals surface area contributed by atoms with Crippen LogP contribution >= 0.6 is 0 Å². The minimum atomic E-state index is 0.252. The summed E-state index contributed by atoms with van der Waals surface area (Å²) in [5, 5.41) is 12.1. The molecule has 1 fully saturated rings. The van der Waals surface area contributed by atoms with Crippen LogP contribution < -0.4 is 10.2 Å². The van der Waals surface area contributed by atoms with Gasteiger partial charge in [0, 0.05) is 19.1 Å². The molecule has 0 bridgehead atoms. The first-order valence-electron chi connectivity index (χ1n) is 7.54. The van der Waals surface area contributed by atoms with Crippen molar-refractivity contribution in [3.05, 3.63) is 17.8 Å². The Kier molecular flexibility index (Phi) is 5.31. The molecule has 2 heterocycles. The predicted molar refractivity (Wildman–Crippen MR) is 80.8 cm³/mol. The van der Waals surface area contributed by atoms with Gasteiger partial charge in [-0.15, -0.1) is 5.10 Å². The largest absolute Gasteiger partial charge is 0.375 e. The van der Waals surface area contributed by atoms with Crippen molar-refractivity contribution in [2.24, 2.45) is 0 Å². The van der Waals surface area contributed by atoms with Crippen LogP contribution in [0.2, 0.25) is 0 Å². The van der Waals surface area contributed by atoms with Gasteiger partial charge in [-0.3, -0.25) is 0 Å². The van der Waals surface area contributed by atoms with Crippen molar-refractivity contribution in [3.8, 4) is 0 Å². The highest BCUT2D eigenvalue weighted by Gasteiger charge is 2.26. The summed E-state index contributed by atoms with van der Waals surface area (Å²) >= 11 is 0. The number of nitrogens with one attached hydrogen (secondary N) is 1. The zero-order valence-electron chi connectivity index (χ0n) is 13.0. The Balaban J connectivity index is 2.03. The second-order valence-corrected chi connectivity index (χ2v) is 5.78. The van der Waals surface area contributed by atoms with Gasteiger partial charge >= 0.3 is 0 Å². The summed E-state index contributed by atoms with van der Waals surface area (Å²) < 4.78 is 5.72. The molecule has 0 aromatic carbocycles. The van der Waals surface area contributed by atoms with Crippen molar-refractivity contribution in [3.63, 3.8) is 0 Å². The summed E-state index contributed by atoms with van der Waals surface area (Å²) in [6.45, 7) is 11.0. The number of hydrogen-bond acceptors (Lipinski definition) is 5. The lowest BCUT2D eigenvalue weighted by atomic mass is 10.1. The molecule has 1 aromatic rings. The number of aromatic nitrogens is 2. The van der Waals surface area contributed by atoms with E-state index in [1.165, 1.54) is 0 Å². The van der Waals surface area contributed by atoms with E-state index in [9.17, 15) is 0 Å². The van der Waals surface area contributed by atoms with Crippen LogP contribution in [0.5, 0.6) is 0 Å². The van der Waals surface area contributed by atoms with Gasteiger partial charge in [-0.1, -0.05) is 20.8 Å². The zero-order valence-corrected chi connectivity index (χ0v) is 13.0. The average molecular weight is 278 g/mol. The fraction of sp³-hybridized carbons (Fsp3) is 0.733. The standard InChI is InChI=1S/C15H26N4O/c1-5-14-10-20-12(4)9-19(14)15-7-6-13(17-18-15)8-16-11(2)3/h6-7,11-12,14,16H,5,8-10H2,1-4H3. The number of anilines is 1. The molecule has 1 aliphatic heterocycles. The van der Waals surface area contributed by atoms with Gasteiger partial charge in [0.05, 0.1) is 24.4 Å². The normalized spacial score (nSPS) is 23.4. The molecular weight excluding hydrogens is 252 g/mol. The zero-order chi connectivity index (χ0) is 14.5. The van der Waals surface area contributed by atoms with Crippen molar-refractivity contribution in [1.82, 2.24) is 15.5 Å². The van der Waals surface area contributed by atoms with Crippen molar-refractivity contribution in [2.45, 2.75) is 58.8 Å². The summed E-state index contributed by atoms with van der Waals surface area (Å²) in [5.41, 5.74) is 0.983. The van der Waals surface area contributed by atoms with Gasteiger partial charge in [0.2, 0.25) is 0 Å². The second kappa shape index (κ2) is 6.99. The van der Waals surface area contributed by atoms with Gasteiger partial charge in [-0.25, -0.2) is 0 Å². The molecule has 2 atom stereocenters. The molecule has 112 valence electrons. The molecule has 5 nitrogen and oxygen atoms in total. The molecule has 0 spiro atoms. The number of rotatable bonds is 5. The SMILES string of the molecule is CCC1COC(C)CN1c1ccc(CNC(C)C)nn1. The van der Waals surface area contributed by atoms with Gasteiger partial charge in [-0.05, 0) is 25.5 Å². The number of hydrogen-bond donors (Lipinski definition) is 1. The molecule has 2 unspecified atom stereocenters. The van der Waals surface area contributed by atoms with Crippen LogP contribution in [0.1, 0.15) is 39.8 Å². The monoisotopic (exact) mass is 278 g/mol. The van der Waals surface area contributed by atoms with E-state index in [1.807, 2.05) is 0 Å². The van der Waals surface area contributed by atoms with Crippen LogP contribution in [0.3, 0.4) is 0 Å². The third-order valence-corrected chi connectivity index (χ3v) is 3.63. The second-order valence-electron chi connectivity index (χ2n) is 5.78. The van der Waals surface area contributed by atoms with Crippen molar-refractivity contribution < 1.29 is 4.74 Å². The van der Waals surface area contributed by atoms with Gasteiger partial charge in [0.1, 0.15) is 0 Å². The fourth-order valence-electron chi connectivity index (χ4n) is 2.37. The quantitative estimate of drug-likeness (QED) is 0.892. The van der Waals surface area contributed by atoms with Gasteiger partial charge < -0.3 is 15.0 Å². The van der Waals surface area contributed by atoms with Crippen molar-refractivity contribution in [1.29, 1.82) is 0 Å². The first-order valence-corrected chi connectivity index (χ1v) is 7.54. The third-order valence-electron chi connectivity index (χ3n) is 3.63. The van der Waals surface area contributed by atoms with Crippen LogP contribution in [-0.2, 0) is 11.3 Å². The number of morpholine rings is 1. The van der Waals surface area contributed by atoms with Crippen LogP contribution in [0.25, 0.3) is 0 Å². The smallest absolute Gasteiger partial charge is 0.151 e. The molecule has 1 N–H and O–H groups in total. The molecule has 0 radical (unpaired) electrons. The van der Waals surface area contributed by atoms with E-state index in [0.29, 0.717) is 12.1 Å². The van der Waals surface area contributed by atoms with E-state index in [4.69, 9.17) is 4.74 Å². The molecule has 20 heavy (non-hydrogen) atoms. The van der Waals surface area contributed by atoms with E-state index in [0.717, 1.165) is 37.6 Å². The van der Waals surface area contributed by atoms with E-state index in [2.05, 4.69) is 60.2 Å². The van der Waals surface area contributed by atoms with Crippen LogP contribution in [0.4, 0.5) is 5.82 Å². The van der Waals surface area contributed by atoms with E-state index < -0.39 is 0 Å². The summed E-state index contributed by atoms with van der Waals surface area (Å²) in [6.07, 6.45) is 1.31. The maximum absolute atomic E-state index is 5.72. The maximum Gasteiger partial charge on any atom is 0.151 e. The fourth-order valence-corrected chi connectivity index (χ4v) is 2.37. The Hall–Kier alpha value is -1.20.